The van der Waals surface area contributed by atoms with Crippen molar-refractivity contribution in [2.45, 2.75) is 45.3 Å². The number of anilines is 2. The summed E-state index contributed by atoms with van der Waals surface area (Å²) >= 11 is 0. The predicted molar refractivity (Wildman–Crippen MR) is 77.0 cm³/mol. The molecule has 2 unspecified atom stereocenters. The van der Waals surface area contributed by atoms with Gasteiger partial charge in [-0.1, -0.05) is 6.42 Å². The van der Waals surface area contributed by atoms with Crippen molar-refractivity contribution in [2.24, 2.45) is 5.92 Å². The van der Waals surface area contributed by atoms with Gasteiger partial charge in [0.15, 0.2) is 0 Å². The minimum Gasteiger partial charge on any atom is -0.461 e. The smallest absolute Gasteiger partial charge is 0.323 e. The van der Waals surface area contributed by atoms with Crippen molar-refractivity contribution in [1.82, 2.24) is 15.0 Å². The van der Waals surface area contributed by atoms with Crippen LogP contribution in [0, 0.1) is 5.92 Å². The lowest BCUT2D eigenvalue weighted by molar-refractivity contribution is 0.138. The summed E-state index contributed by atoms with van der Waals surface area (Å²) in [5.74, 6) is 1.20. The Morgan fingerprint density at radius 3 is 2.60 bits per heavy atom. The Labute approximate surface area is 119 Å². The summed E-state index contributed by atoms with van der Waals surface area (Å²) in [5, 5.41) is 15.9. The maximum atomic E-state index is 9.81. The molecule has 0 aromatic carbocycles. The van der Waals surface area contributed by atoms with E-state index in [1.807, 2.05) is 13.8 Å². The van der Waals surface area contributed by atoms with Crippen molar-refractivity contribution >= 4 is 11.9 Å². The molecule has 0 amide bonds. The van der Waals surface area contributed by atoms with Crippen molar-refractivity contribution in [2.75, 3.05) is 24.2 Å². The first-order chi connectivity index (χ1) is 9.58. The van der Waals surface area contributed by atoms with E-state index in [1.54, 1.807) is 7.05 Å². The first-order valence-corrected chi connectivity index (χ1v) is 7.11. The average Bonchev–Trinajstić information content (AvgIpc) is 2.81. The van der Waals surface area contributed by atoms with Gasteiger partial charge in [0.1, 0.15) is 0 Å². The molecule has 0 saturated heterocycles. The van der Waals surface area contributed by atoms with Crippen LogP contribution in [0.15, 0.2) is 0 Å². The van der Waals surface area contributed by atoms with E-state index in [4.69, 9.17) is 4.74 Å². The number of hydrogen-bond donors (Lipinski definition) is 3. The molecule has 0 aliphatic heterocycles. The topological polar surface area (TPSA) is 92.2 Å². The van der Waals surface area contributed by atoms with Crippen LogP contribution in [0.5, 0.6) is 6.01 Å². The lowest BCUT2D eigenvalue weighted by atomic mass is 10.1. The van der Waals surface area contributed by atoms with Crippen molar-refractivity contribution in [1.29, 1.82) is 0 Å². The zero-order valence-corrected chi connectivity index (χ0v) is 12.3. The first-order valence-electron chi connectivity index (χ1n) is 7.11. The van der Waals surface area contributed by atoms with E-state index in [0.717, 1.165) is 19.3 Å². The van der Waals surface area contributed by atoms with Crippen molar-refractivity contribution < 1.29 is 9.84 Å². The molecule has 0 bridgehead atoms. The molecule has 7 nitrogen and oxygen atoms in total. The largest absolute Gasteiger partial charge is 0.461 e. The van der Waals surface area contributed by atoms with Gasteiger partial charge >= 0.3 is 6.01 Å². The molecule has 1 aliphatic rings. The third kappa shape index (κ3) is 3.93. The second kappa shape index (κ2) is 6.69. The summed E-state index contributed by atoms with van der Waals surface area (Å²) < 4.78 is 5.50. The highest BCUT2D eigenvalue weighted by molar-refractivity contribution is 5.35. The summed E-state index contributed by atoms with van der Waals surface area (Å²) in [6.07, 6.45) is 2.78. The quantitative estimate of drug-likeness (QED) is 0.723. The molecule has 1 fully saturated rings. The van der Waals surface area contributed by atoms with Crippen molar-refractivity contribution in [3.63, 3.8) is 0 Å². The molecule has 1 heterocycles. The van der Waals surface area contributed by atoms with Gasteiger partial charge in [-0.15, -0.1) is 0 Å². The van der Waals surface area contributed by atoms with Gasteiger partial charge in [0, 0.05) is 19.5 Å². The van der Waals surface area contributed by atoms with Crippen LogP contribution >= 0.6 is 0 Å². The number of aliphatic hydroxyl groups excluding tert-OH is 1. The molecular weight excluding hydrogens is 258 g/mol. The van der Waals surface area contributed by atoms with Crippen LogP contribution < -0.4 is 15.4 Å². The highest BCUT2D eigenvalue weighted by Crippen LogP contribution is 2.25. The zero-order chi connectivity index (χ0) is 14.5. The van der Waals surface area contributed by atoms with Gasteiger partial charge < -0.3 is 20.5 Å². The summed E-state index contributed by atoms with van der Waals surface area (Å²) in [7, 11) is 1.75. The third-order valence-corrected chi connectivity index (χ3v) is 3.32. The maximum absolute atomic E-state index is 9.81. The number of rotatable bonds is 6. The number of aromatic nitrogens is 3. The van der Waals surface area contributed by atoms with Crippen LogP contribution in [0.25, 0.3) is 0 Å². The Kier molecular flexibility index (Phi) is 4.94. The Morgan fingerprint density at radius 2 is 2.00 bits per heavy atom. The SMILES string of the molecule is CNc1nc(NCC2CCCC2O)nc(OC(C)C)n1. The molecular formula is C13H23N5O2. The molecule has 1 saturated carbocycles. The molecule has 1 aromatic heterocycles. The Bertz CT molecular complexity index is 441. The van der Waals surface area contributed by atoms with Crippen LogP contribution in [0.2, 0.25) is 0 Å². The zero-order valence-electron chi connectivity index (χ0n) is 12.3. The maximum Gasteiger partial charge on any atom is 0.323 e. The van der Waals surface area contributed by atoms with Crippen molar-refractivity contribution in [3.8, 4) is 6.01 Å². The molecule has 7 heteroatoms. The lowest BCUT2D eigenvalue weighted by Crippen LogP contribution is -2.23. The Hall–Kier alpha value is -1.63. The minimum absolute atomic E-state index is 0.00612. The predicted octanol–water partition coefficient (Wildman–Crippen LogP) is 1.27. The summed E-state index contributed by atoms with van der Waals surface area (Å²) in [5.41, 5.74) is 0. The van der Waals surface area contributed by atoms with E-state index < -0.39 is 0 Å². The van der Waals surface area contributed by atoms with E-state index in [-0.39, 0.29) is 18.1 Å². The van der Waals surface area contributed by atoms with Gasteiger partial charge in [0.05, 0.1) is 12.2 Å². The number of nitrogens with zero attached hydrogens (tertiary/aromatic N) is 3. The fourth-order valence-corrected chi connectivity index (χ4v) is 2.29. The molecule has 112 valence electrons. The molecule has 1 aromatic rings. The highest BCUT2D eigenvalue weighted by atomic mass is 16.5. The van der Waals surface area contributed by atoms with Crippen LogP contribution in [-0.2, 0) is 0 Å². The molecule has 2 atom stereocenters. The van der Waals surface area contributed by atoms with E-state index in [1.165, 1.54) is 0 Å². The Balaban J connectivity index is 2.02. The van der Waals surface area contributed by atoms with Gasteiger partial charge in [-0.05, 0) is 26.7 Å². The average molecular weight is 281 g/mol. The summed E-state index contributed by atoms with van der Waals surface area (Å²) in [6, 6.07) is 0.300. The number of aliphatic hydroxyl groups is 1. The monoisotopic (exact) mass is 281 g/mol. The standard InChI is InChI=1S/C13H23N5O2/c1-8(2)20-13-17-11(14-3)16-12(18-13)15-7-9-5-4-6-10(9)19/h8-10,19H,4-7H2,1-3H3,(H2,14,15,16,17,18). The van der Waals surface area contributed by atoms with Crippen LogP contribution in [0.1, 0.15) is 33.1 Å². The second-order valence-corrected chi connectivity index (χ2v) is 5.32. The van der Waals surface area contributed by atoms with Gasteiger partial charge in [-0.2, -0.15) is 15.0 Å². The summed E-state index contributed by atoms with van der Waals surface area (Å²) in [6.45, 7) is 4.51. The lowest BCUT2D eigenvalue weighted by Gasteiger charge is -2.16. The second-order valence-electron chi connectivity index (χ2n) is 5.32. The third-order valence-electron chi connectivity index (χ3n) is 3.32. The van der Waals surface area contributed by atoms with E-state index >= 15 is 0 Å². The molecule has 20 heavy (non-hydrogen) atoms. The first kappa shape index (κ1) is 14.8. The van der Waals surface area contributed by atoms with Crippen molar-refractivity contribution in [3.05, 3.63) is 0 Å². The molecule has 2 rings (SSSR count). The minimum atomic E-state index is -0.223. The van der Waals surface area contributed by atoms with Crippen LogP contribution in [0.3, 0.4) is 0 Å². The summed E-state index contributed by atoms with van der Waals surface area (Å²) in [4.78, 5) is 12.6. The fourth-order valence-electron chi connectivity index (χ4n) is 2.29. The van der Waals surface area contributed by atoms with E-state index in [9.17, 15) is 5.11 Å². The van der Waals surface area contributed by atoms with Gasteiger partial charge in [-0.3, -0.25) is 0 Å². The molecule has 3 N–H and O–H groups in total. The fraction of sp³-hybridized carbons (Fsp3) is 0.769. The van der Waals surface area contributed by atoms with Gasteiger partial charge in [0.25, 0.3) is 0 Å². The molecule has 1 aliphatic carbocycles. The van der Waals surface area contributed by atoms with Gasteiger partial charge in [0.2, 0.25) is 11.9 Å². The van der Waals surface area contributed by atoms with Crippen LogP contribution in [-0.4, -0.2) is 45.9 Å². The van der Waals surface area contributed by atoms with E-state index in [2.05, 4.69) is 25.6 Å². The van der Waals surface area contributed by atoms with E-state index in [0.29, 0.717) is 24.5 Å². The highest BCUT2D eigenvalue weighted by Gasteiger charge is 2.25. The van der Waals surface area contributed by atoms with Gasteiger partial charge in [-0.25, -0.2) is 0 Å². The number of hydrogen-bond acceptors (Lipinski definition) is 7. The van der Waals surface area contributed by atoms with Crippen LogP contribution in [0.4, 0.5) is 11.9 Å². The molecule has 0 radical (unpaired) electrons. The normalized spacial score (nSPS) is 22.1. The number of nitrogens with one attached hydrogen (secondary N) is 2. The number of ether oxygens (including phenoxy) is 1. The Morgan fingerprint density at radius 1 is 1.25 bits per heavy atom. The molecule has 0 spiro atoms.